The van der Waals surface area contributed by atoms with Crippen LogP contribution in [0, 0.1) is 5.92 Å². The molecule has 1 heterocycles. The summed E-state index contributed by atoms with van der Waals surface area (Å²) in [6.07, 6.45) is 6.95. The molecule has 0 spiro atoms. The molecule has 3 aliphatic rings. The van der Waals surface area contributed by atoms with Crippen molar-refractivity contribution >= 4 is 29.0 Å². The van der Waals surface area contributed by atoms with Gasteiger partial charge < -0.3 is 0 Å². The zero-order valence-electron chi connectivity index (χ0n) is 12.7. The summed E-state index contributed by atoms with van der Waals surface area (Å²) < 4.78 is 0. The Labute approximate surface area is 141 Å². The molecule has 2 bridgehead atoms. The largest absolute Gasteiger partial charge is 0.297 e. The summed E-state index contributed by atoms with van der Waals surface area (Å²) in [4.78, 5) is 15.5. The van der Waals surface area contributed by atoms with Crippen LogP contribution in [0.1, 0.15) is 44.1 Å². The molecule has 4 rings (SSSR count). The molecule has 2 saturated carbocycles. The fourth-order valence-corrected chi connectivity index (χ4v) is 4.91. The first-order valence-electron chi connectivity index (χ1n) is 8.31. The number of Topliss-reactive ketones (excluding diaryl/α,β-unsaturated/α-hetero) is 1. The van der Waals surface area contributed by atoms with Crippen LogP contribution in [0.5, 0.6) is 0 Å². The first-order valence-corrected chi connectivity index (χ1v) is 9.07. The quantitative estimate of drug-likeness (QED) is 0.807. The number of nitrogens with zero attached hydrogens (tertiary/aromatic N) is 1. The molecule has 1 saturated heterocycles. The number of benzene rings is 1. The molecule has 2 aliphatic carbocycles. The smallest absolute Gasteiger partial charge is 0.157 e. The summed E-state index contributed by atoms with van der Waals surface area (Å²) in [5.41, 5.74) is 0.748. The van der Waals surface area contributed by atoms with E-state index in [2.05, 4.69) is 4.90 Å². The van der Waals surface area contributed by atoms with Gasteiger partial charge in [0.25, 0.3) is 0 Å². The van der Waals surface area contributed by atoms with Crippen LogP contribution in [-0.2, 0) is 10.2 Å². The molecule has 4 heteroatoms. The predicted octanol–water partition coefficient (Wildman–Crippen LogP) is 4.47. The van der Waals surface area contributed by atoms with E-state index in [1.165, 1.54) is 19.3 Å². The Morgan fingerprint density at radius 3 is 2.59 bits per heavy atom. The zero-order valence-corrected chi connectivity index (χ0v) is 14.2. The van der Waals surface area contributed by atoms with Gasteiger partial charge in [0.1, 0.15) is 0 Å². The van der Waals surface area contributed by atoms with Gasteiger partial charge >= 0.3 is 0 Å². The zero-order chi connectivity index (χ0) is 15.3. The number of rotatable bonds is 4. The van der Waals surface area contributed by atoms with E-state index in [9.17, 15) is 4.79 Å². The van der Waals surface area contributed by atoms with Gasteiger partial charge in [-0.3, -0.25) is 9.69 Å². The first-order chi connectivity index (χ1) is 10.6. The molecular weight excluding hydrogens is 317 g/mol. The van der Waals surface area contributed by atoms with Crippen LogP contribution in [0.3, 0.4) is 0 Å². The maximum Gasteiger partial charge on any atom is 0.157 e. The SMILES string of the molecule is O=C(CN1CC2CCC1C2)C1(c2ccc(Cl)c(Cl)c2)CCC1. The monoisotopic (exact) mass is 337 g/mol. The Balaban J connectivity index is 1.55. The van der Waals surface area contributed by atoms with Gasteiger partial charge in [-0.25, -0.2) is 0 Å². The lowest BCUT2D eigenvalue weighted by atomic mass is 9.62. The third-order valence-corrected chi connectivity index (χ3v) is 6.82. The van der Waals surface area contributed by atoms with Gasteiger partial charge in [0.2, 0.25) is 0 Å². The Morgan fingerprint density at radius 2 is 2.05 bits per heavy atom. The number of ketones is 1. The van der Waals surface area contributed by atoms with Crippen LogP contribution in [0.25, 0.3) is 0 Å². The van der Waals surface area contributed by atoms with E-state index < -0.39 is 0 Å². The minimum Gasteiger partial charge on any atom is -0.297 e. The number of hydrogen-bond donors (Lipinski definition) is 0. The van der Waals surface area contributed by atoms with Crippen molar-refractivity contribution in [2.24, 2.45) is 5.92 Å². The molecule has 1 aromatic carbocycles. The molecule has 2 unspecified atom stereocenters. The highest BCUT2D eigenvalue weighted by Crippen LogP contribution is 2.47. The minimum absolute atomic E-state index is 0.309. The third-order valence-electron chi connectivity index (χ3n) is 6.08. The molecule has 0 radical (unpaired) electrons. The number of carbonyl (C=O) groups excluding carboxylic acids is 1. The number of fused-ring (bicyclic) bond motifs is 2. The molecule has 1 aromatic rings. The maximum atomic E-state index is 13.1. The number of hydrogen-bond acceptors (Lipinski definition) is 2. The predicted molar refractivity (Wildman–Crippen MR) is 89.7 cm³/mol. The van der Waals surface area contributed by atoms with E-state index in [1.54, 1.807) is 0 Å². The summed E-state index contributed by atoms with van der Waals surface area (Å²) in [6, 6.07) is 6.36. The highest BCUT2D eigenvalue weighted by Gasteiger charge is 2.47. The van der Waals surface area contributed by atoms with E-state index in [0.29, 0.717) is 28.4 Å². The maximum absolute atomic E-state index is 13.1. The fraction of sp³-hybridized carbons (Fsp3) is 0.611. The lowest BCUT2D eigenvalue weighted by molar-refractivity contribution is -0.129. The van der Waals surface area contributed by atoms with Crippen LogP contribution in [-0.4, -0.2) is 29.8 Å². The highest BCUT2D eigenvalue weighted by atomic mass is 35.5. The molecule has 22 heavy (non-hydrogen) atoms. The highest BCUT2D eigenvalue weighted by molar-refractivity contribution is 6.42. The molecule has 0 amide bonds. The second kappa shape index (κ2) is 5.51. The number of likely N-dealkylation sites (tertiary alicyclic amines) is 1. The van der Waals surface area contributed by atoms with Crippen molar-refractivity contribution in [3.05, 3.63) is 33.8 Å². The van der Waals surface area contributed by atoms with Crippen LogP contribution >= 0.6 is 23.2 Å². The topological polar surface area (TPSA) is 20.3 Å². The van der Waals surface area contributed by atoms with E-state index in [4.69, 9.17) is 23.2 Å². The summed E-state index contributed by atoms with van der Waals surface area (Å²) in [5, 5.41) is 1.11. The molecule has 1 aliphatic heterocycles. The van der Waals surface area contributed by atoms with E-state index in [0.717, 1.165) is 37.3 Å². The standard InChI is InChI=1S/C18H21Cl2NO/c19-15-5-3-13(9-16(15)20)18(6-1-7-18)17(22)11-21-10-12-2-4-14(21)8-12/h3,5,9,12,14H,1-2,4,6-8,10-11H2. The second-order valence-corrected chi connectivity index (χ2v) is 8.06. The average Bonchev–Trinajstić information content (AvgIpc) is 3.04. The molecule has 0 aromatic heterocycles. The molecule has 118 valence electrons. The van der Waals surface area contributed by atoms with Gasteiger partial charge in [0.15, 0.2) is 5.78 Å². The van der Waals surface area contributed by atoms with Gasteiger partial charge in [-0.05, 0) is 55.7 Å². The van der Waals surface area contributed by atoms with E-state index in [1.807, 2.05) is 18.2 Å². The van der Waals surface area contributed by atoms with Crippen molar-refractivity contribution < 1.29 is 4.79 Å². The van der Waals surface area contributed by atoms with Gasteiger partial charge in [-0.15, -0.1) is 0 Å². The van der Waals surface area contributed by atoms with Gasteiger partial charge in [0.05, 0.1) is 22.0 Å². The summed E-state index contributed by atoms with van der Waals surface area (Å²) >= 11 is 12.2. The molecular formula is C18H21Cl2NO. The third kappa shape index (κ3) is 2.31. The Kier molecular flexibility index (Phi) is 3.75. The summed E-state index contributed by atoms with van der Waals surface area (Å²) in [5.74, 6) is 1.21. The Bertz CT molecular complexity index is 611. The normalized spacial score (nSPS) is 29.5. The van der Waals surface area contributed by atoms with E-state index in [-0.39, 0.29) is 5.41 Å². The fourth-order valence-electron chi connectivity index (χ4n) is 4.61. The summed E-state index contributed by atoms with van der Waals surface area (Å²) in [7, 11) is 0. The van der Waals surface area contributed by atoms with Crippen LogP contribution in [0.4, 0.5) is 0 Å². The van der Waals surface area contributed by atoms with Crippen molar-refractivity contribution in [3.63, 3.8) is 0 Å². The van der Waals surface area contributed by atoms with Crippen LogP contribution < -0.4 is 0 Å². The van der Waals surface area contributed by atoms with Gasteiger partial charge in [0, 0.05) is 12.6 Å². The molecule has 2 atom stereocenters. The van der Waals surface area contributed by atoms with Crippen molar-refractivity contribution in [2.75, 3.05) is 13.1 Å². The Hall–Kier alpha value is -0.570. The molecule has 0 N–H and O–H groups in total. The van der Waals surface area contributed by atoms with Crippen molar-refractivity contribution in [1.29, 1.82) is 0 Å². The lowest BCUT2D eigenvalue weighted by Gasteiger charge is -2.42. The van der Waals surface area contributed by atoms with Crippen molar-refractivity contribution in [3.8, 4) is 0 Å². The first kappa shape index (κ1) is 15.0. The molecule has 3 fully saturated rings. The van der Waals surface area contributed by atoms with Crippen molar-refractivity contribution in [1.82, 2.24) is 4.90 Å². The van der Waals surface area contributed by atoms with Crippen LogP contribution in [0.2, 0.25) is 10.0 Å². The minimum atomic E-state index is -0.309. The van der Waals surface area contributed by atoms with Crippen LogP contribution in [0.15, 0.2) is 18.2 Å². The number of carbonyl (C=O) groups is 1. The van der Waals surface area contributed by atoms with Crippen molar-refractivity contribution in [2.45, 2.75) is 50.0 Å². The lowest BCUT2D eigenvalue weighted by Crippen LogP contribution is -2.49. The Morgan fingerprint density at radius 1 is 1.23 bits per heavy atom. The average molecular weight is 338 g/mol. The second-order valence-electron chi connectivity index (χ2n) is 7.25. The van der Waals surface area contributed by atoms with E-state index >= 15 is 0 Å². The van der Waals surface area contributed by atoms with Gasteiger partial charge in [-0.2, -0.15) is 0 Å². The summed E-state index contributed by atoms with van der Waals surface area (Å²) in [6.45, 7) is 1.73. The van der Waals surface area contributed by atoms with Gasteiger partial charge in [-0.1, -0.05) is 35.7 Å². The molecule has 2 nitrogen and oxygen atoms in total. The number of piperidine rings is 1. The number of halogens is 2.